The summed E-state index contributed by atoms with van der Waals surface area (Å²) in [5, 5.41) is 5.02. The monoisotopic (exact) mass is 782 g/mol. The summed E-state index contributed by atoms with van der Waals surface area (Å²) < 4.78 is 7.11. The van der Waals surface area contributed by atoms with Gasteiger partial charge in [-0.2, -0.15) is 0 Å². The summed E-state index contributed by atoms with van der Waals surface area (Å²) in [6, 6.07) is 70.2. The van der Waals surface area contributed by atoms with Crippen LogP contribution in [-0.4, -0.2) is 6.71 Å². The lowest BCUT2D eigenvalue weighted by Gasteiger charge is -2.42. The largest absolute Gasteiger partial charge is 0.458 e. The van der Waals surface area contributed by atoms with Gasteiger partial charge in [0, 0.05) is 45.6 Å². The van der Waals surface area contributed by atoms with Gasteiger partial charge in [-0.25, -0.2) is 0 Å². The molecule has 9 aromatic carbocycles. The topological polar surface area (TPSA) is 15.7 Å². The van der Waals surface area contributed by atoms with Crippen molar-refractivity contribution in [3.63, 3.8) is 0 Å². The standard InChI is InChI=1S/C57H43BN2O/c1-3-5-21-43(4-2)60-52-26-16-27-53-56(52)58(55-49-24-14-12-22-47(49)48-23-13-15-25-50(48)57(55)60)51-37-36-46(38-54(51)61-53)59(44-32-28-41(29-33-44)39-17-8-6-9-18-39)45-34-30-42(31-35-45)40-19-10-7-11-20-40/h4-38H,3H2,1-2H3/b21-5-,43-4+. The van der Waals surface area contributed by atoms with E-state index in [1.54, 1.807) is 0 Å². The molecule has 0 aromatic heterocycles. The molecule has 0 saturated heterocycles. The highest BCUT2D eigenvalue weighted by atomic mass is 16.5. The average molecular weight is 783 g/mol. The van der Waals surface area contributed by atoms with Crippen molar-refractivity contribution in [2.45, 2.75) is 20.3 Å². The molecule has 2 aliphatic rings. The Labute approximate surface area is 358 Å². The predicted octanol–water partition coefficient (Wildman–Crippen LogP) is 13.7. The molecule has 4 heteroatoms. The zero-order valence-corrected chi connectivity index (χ0v) is 34.3. The van der Waals surface area contributed by atoms with Gasteiger partial charge >= 0.3 is 0 Å². The molecule has 0 unspecified atom stereocenters. The molecule has 61 heavy (non-hydrogen) atoms. The molecule has 290 valence electrons. The number of benzene rings is 9. The van der Waals surface area contributed by atoms with E-state index in [1.807, 2.05) is 0 Å². The zero-order chi connectivity index (χ0) is 40.9. The van der Waals surface area contributed by atoms with Crippen LogP contribution < -0.4 is 30.9 Å². The Hall–Kier alpha value is -7.56. The molecule has 9 aromatic rings. The van der Waals surface area contributed by atoms with Gasteiger partial charge < -0.3 is 14.5 Å². The molecular weight excluding hydrogens is 739 g/mol. The number of hydrogen-bond acceptors (Lipinski definition) is 3. The molecule has 0 bridgehead atoms. The third-order valence-electron chi connectivity index (χ3n) is 12.4. The van der Waals surface area contributed by atoms with Gasteiger partial charge in [0.05, 0.1) is 0 Å². The molecule has 0 saturated carbocycles. The van der Waals surface area contributed by atoms with Crippen LogP contribution >= 0.6 is 0 Å². The Bertz CT molecular complexity index is 3070. The smallest absolute Gasteiger partial charge is 0.257 e. The van der Waals surface area contributed by atoms with Crippen molar-refractivity contribution in [1.82, 2.24) is 0 Å². The molecule has 2 heterocycles. The van der Waals surface area contributed by atoms with Crippen LogP contribution in [0, 0.1) is 0 Å². The molecule has 0 aliphatic carbocycles. The Morgan fingerprint density at radius 1 is 0.525 bits per heavy atom. The first kappa shape index (κ1) is 36.5. The minimum absolute atomic E-state index is 0.0539. The second-order valence-electron chi connectivity index (χ2n) is 15.8. The number of allylic oxidation sites excluding steroid dienone is 3. The lowest BCUT2D eigenvalue weighted by atomic mass is 9.33. The van der Waals surface area contributed by atoms with Crippen LogP contribution in [-0.2, 0) is 0 Å². The Balaban J connectivity index is 1.11. The van der Waals surface area contributed by atoms with E-state index in [9.17, 15) is 0 Å². The van der Waals surface area contributed by atoms with Gasteiger partial charge in [0.2, 0.25) is 0 Å². The molecular formula is C57H43BN2O. The van der Waals surface area contributed by atoms with Gasteiger partial charge in [0.1, 0.15) is 11.5 Å². The van der Waals surface area contributed by atoms with E-state index in [1.165, 1.54) is 60.4 Å². The highest BCUT2D eigenvalue weighted by Gasteiger charge is 2.43. The number of anilines is 5. The summed E-state index contributed by atoms with van der Waals surface area (Å²) in [6.45, 7) is 4.28. The maximum absolute atomic E-state index is 7.11. The molecule has 0 amide bonds. The van der Waals surface area contributed by atoms with Crippen LogP contribution in [0.25, 0.3) is 43.8 Å². The maximum atomic E-state index is 7.11. The molecule has 11 rings (SSSR count). The van der Waals surface area contributed by atoms with E-state index in [4.69, 9.17) is 4.74 Å². The van der Waals surface area contributed by atoms with Gasteiger partial charge in [-0.05, 0) is 117 Å². The minimum atomic E-state index is -0.0539. The zero-order valence-electron chi connectivity index (χ0n) is 34.3. The Morgan fingerprint density at radius 2 is 1.07 bits per heavy atom. The number of hydrogen-bond donors (Lipinski definition) is 0. The first-order chi connectivity index (χ1) is 30.2. The maximum Gasteiger partial charge on any atom is 0.257 e. The van der Waals surface area contributed by atoms with E-state index in [2.05, 4.69) is 236 Å². The highest BCUT2D eigenvalue weighted by Crippen LogP contribution is 2.45. The van der Waals surface area contributed by atoms with E-state index >= 15 is 0 Å². The van der Waals surface area contributed by atoms with Crippen molar-refractivity contribution in [1.29, 1.82) is 0 Å². The van der Waals surface area contributed by atoms with Crippen LogP contribution in [0.15, 0.2) is 218 Å². The Kier molecular flexibility index (Phi) is 9.12. The van der Waals surface area contributed by atoms with Gasteiger partial charge in [-0.15, -0.1) is 0 Å². The second-order valence-corrected chi connectivity index (χ2v) is 15.8. The third kappa shape index (κ3) is 6.14. The minimum Gasteiger partial charge on any atom is -0.458 e. The van der Waals surface area contributed by atoms with Crippen LogP contribution in [0.1, 0.15) is 20.3 Å². The number of ether oxygens (including phenoxy) is 1. The third-order valence-corrected chi connectivity index (χ3v) is 12.4. The molecule has 0 spiro atoms. The van der Waals surface area contributed by atoms with Crippen molar-refractivity contribution in [2.24, 2.45) is 0 Å². The fourth-order valence-electron chi connectivity index (χ4n) is 9.59. The van der Waals surface area contributed by atoms with Crippen molar-refractivity contribution in [3.05, 3.63) is 218 Å². The SMILES string of the molecule is C/C=C(\C=C/CC)N1c2cccc3c2B(c2ccc(N(c4ccc(-c5ccccc5)cc4)c4ccc(-c5ccccc5)cc4)cc2O3)c2c1c1ccccc1c1ccccc21. The van der Waals surface area contributed by atoms with E-state index in [-0.39, 0.29) is 6.71 Å². The second kappa shape index (κ2) is 15.2. The summed E-state index contributed by atoms with van der Waals surface area (Å²) in [4.78, 5) is 4.82. The molecule has 3 nitrogen and oxygen atoms in total. The molecule has 2 aliphatic heterocycles. The van der Waals surface area contributed by atoms with Gasteiger partial charge in [0.25, 0.3) is 6.71 Å². The van der Waals surface area contributed by atoms with Gasteiger partial charge in [0.15, 0.2) is 0 Å². The van der Waals surface area contributed by atoms with Crippen LogP contribution in [0.4, 0.5) is 28.4 Å². The first-order valence-corrected chi connectivity index (χ1v) is 21.3. The summed E-state index contributed by atoms with van der Waals surface area (Å²) in [5.74, 6) is 1.76. The fraction of sp³-hybridized carbons (Fsp3) is 0.0526. The fourth-order valence-corrected chi connectivity index (χ4v) is 9.59. The van der Waals surface area contributed by atoms with Gasteiger partial charge in [-0.1, -0.05) is 165 Å². The summed E-state index contributed by atoms with van der Waals surface area (Å²) in [6.07, 6.45) is 7.71. The lowest BCUT2D eigenvalue weighted by Crippen LogP contribution is -2.60. The molecule has 0 N–H and O–H groups in total. The molecule has 0 atom stereocenters. The normalized spacial score (nSPS) is 12.9. The van der Waals surface area contributed by atoms with E-state index in [0.29, 0.717) is 0 Å². The highest BCUT2D eigenvalue weighted by molar-refractivity contribution is 7.01. The average Bonchev–Trinajstić information content (AvgIpc) is 3.33. The summed E-state index contributed by atoms with van der Waals surface area (Å²) >= 11 is 0. The number of nitrogens with zero attached hydrogens (tertiary/aromatic N) is 2. The van der Waals surface area contributed by atoms with E-state index in [0.717, 1.165) is 51.8 Å². The van der Waals surface area contributed by atoms with Crippen molar-refractivity contribution < 1.29 is 4.74 Å². The number of fused-ring (bicyclic) bond motifs is 9. The predicted molar refractivity (Wildman–Crippen MR) is 260 cm³/mol. The van der Waals surface area contributed by atoms with Crippen molar-refractivity contribution >= 4 is 73.1 Å². The lowest BCUT2D eigenvalue weighted by molar-refractivity contribution is 0.487. The molecule has 0 fully saturated rings. The van der Waals surface area contributed by atoms with Crippen molar-refractivity contribution in [2.75, 3.05) is 9.80 Å². The Morgan fingerprint density at radius 3 is 1.67 bits per heavy atom. The first-order valence-electron chi connectivity index (χ1n) is 21.3. The number of rotatable bonds is 8. The van der Waals surface area contributed by atoms with Crippen LogP contribution in [0.3, 0.4) is 0 Å². The summed E-state index contributed by atoms with van der Waals surface area (Å²) in [5.41, 5.74) is 15.1. The van der Waals surface area contributed by atoms with E-state index < -0.39 is 0 Å². The van der Waals surface area contributed by atoms with Crippen LogP contribution in [0.2, 0.25) is 0 Å². The summed E-state index contributed by atoms with van der Waals surface area (Å²) in [7, 11) is 0. The van der Waals surface area contributed by atoms with Crippen molar-refractivity contribution in [3.8, 4) is 33.8 Å². The quantitative estimate of drug-likeness (QED) is 0.0867. The molecule has 0 radical (unpaired) electrons. The van der Waals surface area contributed by atoms with Gasteiger partial charge in [-0.3, -0.25) is 0 Å². The van der Waals surface area contributed by atoms with Crippen LogP contribution in [0.5, 0.6) is 11.5 Å².